The van der Waals surface area contributed by atoms with Gasteiger partial charge in [0, 0.05) is 82.5 Å². The van der Waals surface area contributed by atoms with Crippen molar-refractivity contribution in [2.24, 2.45) is 0 Å². The van der Waals surface area contributed by atoms with Crippen LogP contribution in [0.25, 0.3) is 44.3 Å². The molecule has 0 fully saturated rings. The molecule has 0 aliphatic heterocycles. The molecule has 0 aliphatic rings. The molecule has 0 spiro atoms. The minimum atomic E-state index is 0. The van der Waals surface area contributed by atoms with E-state index in [-0.39, 0.29) is 13.4 Å². The Balaban J connectivity index is 0.000000184. The number of rotatable bonds is 8. The van der Waals surface area contributed by atoms with Gasteiger partial charge in [-0.15, -0.1) is 0 Å². The Hall–Kier alpha value is -6.74. The summed E-state index contributed by atoms with van der Waals surface area (Å²) in [6, 6.07) is 19.3. The van der Waals surface area contributed by atoms with Crippen LogP contribution < -0.4 is 32.0 Å². The zero-order chi connectivity index (χ0) is 40.6. The van der Waals surface area contributed by atoms with Crippen molar-refractivity contribution in [3.63, 3.8) is 0 Å². The fraction of sp³-hybridized carbons (Fsp3) is 0.209. The largest absolute Gasteiger partial charge is 0.496 e. The van der Waals surface area contributed by atoms with Crippen LogP contribution in [-0.2, 0) is 0 Å². The van der Waals surface area contributed by atoms with Crippen LogP contribution in [-0.4, -0.2) is 53.3 Å². The van der Waals surface area contributed by atoms with Crippen LogP contribution in [0.4, 0.5) is 29.0 Å². The fourth-order valence-electron chi connectivity index (χ4n) is 6.18. The molecule has 6 aromatic heterocycles. The molecule has 0 radical (unpaired) electrons. The maximum atomic E-state index is 5.91. The second-order valence-electron chi connectivity index (χ2n) is 13.4. The molecular formula is C43H49BrN12O2. The average molecular weight is 846 g/mol. The number of aromatic nitrogens is 8. The zero-order valence-corrected chi connectivity index (χ0v) is 34.1. The number of ether oxygens (including phenoxy) is 2. The lowest BCUT2D eigenvalue weighted by Crippen LogP contribution is -2.01. The van der Waals surface area contributed by atoms with Crippen LogP contribution in [0.5, 0.6) is 11.5 Å². The van der Waals surface area contributed by atoms with E-state index in [1.807, 2.05) is 48.8 Å². The summed E-state index contributed by atoms with van der Waals surface area (Å²) >= 11 is 3.30. The van der Waals surface area contributed by atoms with Crippen molar-refractivity contribution >= 4 is 66.7 Å². The second kappa shape index (κ2) is 18.9. The summed E-state index contributed by atoms with van der Waals surface area (Å²) in [5, 5.41) is 5.44. The number of nitrogens with one attached hydrogen (secondary N) is 1. The molecule has 0 amide bonds. The first-order valence-corrected chi connectivity index (χ1v) is 18.9. The van der Waals surface area contributed by atoms with Gasteiger partial charge in [-0.25, -0.2) is 19.9 Å². The van der Waals surface area contributed by atoms with Gasteiger partial charge in [-0.1, -0.05) is 7.43 Å². The summed E-state index contributed by atoms with van der Waals surface area (Å²) in [6.07, 6.45) is 15.0. The van der Waals surface area contributed by atoms with Gasteiger partial charge in [-0.3, -0.25) is 9.97 Å². The summed E-state index contributed by atoms with van der Waals surface area (Å²) in [5.41, 5.74) is 25.1. The molecule has 0 saturated carbocycles. The third-order valence-corrected chi connectivity index (χ3v) is 9.53. The maximum Gasteiger partial charge on any atom is 0.227 e. The molecule has 14 nitrogen and oxygen atoms in total. The van der Waals surface area contributed by atoms with E-state index in [4.69, 9.17) is 31.7 Å². The molecule has 2 aromatic carbocycles. The lowest BCUT2D eigenvalue weighted by Gasteiger charge is -2.11. The molecule has 8 rings (SSSR count). The van der Waals surface area contributed by atoms with E-state index in [2.05, 4.69) is 95.4 Å². The summed E-state index contributed by atoms with van der Waals surface area (Å²) < 4.78 is 15.7. The Bertz CT molecular complexity index is 2620. The Morgan fingerprint density at radius 3 is 1.67 bits per heavy atom. The van der Waals surface area contributed by atoms with Crippen LogP contribution in [0.3, 0.4) is 0 Å². The van der Waals surface area contributed by atoms with Gasteiger partial charge in [0.2, 0.25) is 11.9 Å². The topological polar surface area (TPSA) is 196 Å². The van der Waals surface area contributed by atoms with E-state index >= 15 is 0 Å². The first-order valence-electron chi connectivity index (χ1n) is 18.1. The molecule has 58 heavy (non-hydrogen) atoms. The van der Waals surface area contributed by atoms with E-state index in [0.29, 0.717) is 35.2 Å². The molecule has 300 valence electrons. The number of benzene rings is 2. The normalized spacial score (nSPS) is 10.7. The van der Waals surface area contributed by atoms with Crippen LogP contribution in [0.2, 0.25) is 0 Å². The van der Waals surface area contributed by atoms with Crippen molar-refractivity contribution in [1.29, 1.82) is 0 Å². The van der Waals surface area contributed by atoms with Crippen LogP contribution in [0.15, 0.2) is 115 Å². The fourth-order valence-corrected chi connectivity index (χ4v) is 6.74. The SMILES string of the molecule is C.CC(C)n1cc(-c2ccnc(N)n2)c2ccncc21.COc1ccc(N)cc1Br.COc1ccc(N)cc1Nc1nccc(-c2cn(C(C)C)c3cnccc23)n1. The standard InChI is InChI=1S/C21H22N6O.C14H15N5.C7H8BrNO.CH4/c1-13(2)27-12-16(15-6-8-23-11-19(15)27)17-7-9-24-21(25-17)26-18-10-14(22)4-5-20(18)28-3;1-9(2)19-8-11(10-3-5-16-7-13(10)19)12-4-6-17-14(15)18-12;1-10-7-3-2-5(9)4-6(7)8;/h4-13H,22H2,1-3H3,(H,24,25,26);3-9H,1-2H3,(H2,15,17,18);2-4H,9H2,1H3;1H4. The van der Waals surface area contributed by atoms with Crippen LogP contribution >= 0.6 is 15.9 Å². The van der Waals surface area contributed by atoms with Crippen molar-refractivity contribution in [2.75, 3.05) is 36.7 Å². The molecule has 0 aliphatic carbocycles. The van der Waals surface area contributed by atoms with Crippen molar-refractivity contribution in [3.05, 3.63) is 115 Å². The number of halogens is 1. The first kappa shape index (κ1) is 42.4. The molecule has 0 bridgehead atoms. The highest BCUT2D eigenvalue weighted by Gasteiger charge is 2.15. The predicted molar refractivity (Wildman–Crippen MR) is 239 cm³/mol. The first-order chi connectivity index (χ1) is 27.5. The highest BCUT2D eigenvalue weighted by molar-refractivity contribution is 9.10. The predicted octanol–water partition coefficient (Wildman–Crippen LogP) is 9.74. The molecule has 7 N–H and O–H groups in total. The van der Waals surface area contributed by atoms with Crippen molar-refractivity contribution in [1.82, 2.24) is 39.0 Å². The number of hydrogen-bond donors (Lipinski definition) is 4. The third kappa shape index (κ3) is 9.61. The van der Waals surface area contributed by atoms with Crippen molar-refractivity contribution < 1.29 is 9.47 Å². The van der Waals surface area contributed by atoms with Gasteiger partial charge < -0.3 is 41.1 Å². The summed E-state index contributed by atoms with van der Waals surface area (Å²) in [5.74, 6) is 2.23. The van der Waals surface area contributed by atoms with Crippen molar-refractivity contribution in [2.45, 2.75) is 47.2 Å². The number of nitrogens with zero attached hydrogens (tertiary/aromatic N) is 8. The molecule has 0 saturated heterocycles. The average Bonchev–Trinajstić information content (AvgIpc) is 3.79. The third-order valence-electron chi connectivity index (χ3n) is 8.91. The molecule has 6 heterocycles. The summed E-state index contributed by atoms with van der Waals surface area (Å²) in [7, 11) is 3.24. The molecule has 15 heteroatoms. The molecule has 0 atom stereocenters. The Morgan fingerprint density at radius 2 is 1.16 bits per heavy atom. The smallest absolute Gasteiger partial charge is 0.227 e. The van der Waals surface area contributed by atoms with Gasteiger partial charge in [-0.2, -0.15) is 0 Å². The van der Waals surface area contributed by atoms with Gasteiger partial charge in [0.05, 0.1) is 59.2 Å². The minimum absolute atomic E-state index is 0. The monoisotopic (exact) mass is 844 g/mol. The summed E-state index contributed by atoms with van der Waals surface area (Å²) in [6.45, 7) is 8.58. The van der Waals surface area contributed by atoms with Gasteiger partial charge in [0.25, 0.3) is 0 Å². The van der Waals surface area contributed by atoms with E-state index in [0.717, 1.165) is 60.2 Å². The van der Waals surface area contributed by atoms with E-state index in [1.54, 1.807) is 63.3 Å². The Labute approximate surface area is 346 Å². The van der Waals surface area contributed by atoms with Gasteiger partial charge in [0.1, 0.15) is 11.5 Å². The summed E-state index contributed by atoms with van der Waals surface area (Å²) in [4.78, 5) is 25.8. The number of methoxy groups -OCH3 is 2. The minimum Gasteiger partial charge on any atom is -0.496 e. The van der Waals surface area contributed by atoms with E-state index < -0.39 is 0 Å². The highest BCUT2D eigenvalue weighted by atomic mass is 79.9. The number of anilines is 5. The van der Waals surface area contributed by atoms with Crippen LogP contribution in [0, 0.1) is 0 Å². The lowest BCUT2D eigenvalue weighted by atomic mass is 10.1. The molecule has 0 unspecified atom stereocenters. The highest BCUT2D eigenvalue weighted by Crippen LogP contribution is 2.34. The van der Waals surface area contributed by atoms with E-state index in [1.165, 1.54) is 0 Å². The lowest BCUT2D eigenvalue weighted by molar-refractivity contribution is 0.412. The number of nitrogens with two attached hydrogens (primary N) is 3. The van der Waals surface area contributed by atoms with Crippen molar-refractivity contribution in [3.8, 4) is 34.0 Å². The number of hydrogen-bond acceptors (Lipinski definition) is 12. The molecular weight excluding hydrogens is 796 g/mol. The Morgan fingerprint density at radius 1 is 0.638 bits per heavy atom. The van der Waals surface area contributed by atoms with Gasteiger partial charge in [-0.05, 0) is 104 Å². The van der Waals surface area contributed by atoms with Crippen LogP contribution in [0.1, 0.15) is 47.2 Å². The maximum absolute atomic E-state index is 5.91. The Kier molecular flexibility index (Phi) is 13.8. The van der Waals surface area contributed by atoms with Gasteiger partial charge >= 0.3 is 0 Å². The van der Waals surface area contributed by atoms with Gasteiger partial charge in [0.15, 0.2) is 0 Å². The number of fused-ring (bicyclic) bond motifs is 2. The number of pyridine rings is 2. The zero-order valence-electron chi connectivity index (χ0n) is 32.6. The van der Waals surface area contributed by atoms with E-state index in [9.17, 15) is 0 Å². The quantitative estimate of drug-likeness (QED) is 0.106. The number of nitrogen functional groups attached to an aromatic ring is 3. The second-order valence-corrected chi connectivity index (χ2v) is 14.3. The molecule has 8 aromatic rings.